The third-order valence-electron chi connectivity index (χ3n) is 2.90. The van der Waals surface area contributed by atoms with Crippen LogP contribution in [0.25, 0.3) is 5.69 Å². The predicted molar refractivity (Wildman–Crippen MR) is 68.7 cm³/mol. The summed E-state index contributed by atoms with van der Waals surface area (Å²) in [7, 11) is 1.58. The van der Waals surface area contributed by atoms with Crippen molar-refractivity contribution in [1.82, 2.24) is 9.78 Å². The summed E-state index contributed by atoms with van der Waals surface area (Å²) < 4.78 is 6.84. The number of nitrogens with zero attached hydrogens (tertiary/aromatic N) is 3. The minimum absolute atomic E-state index is 0.529. The Morgan fingerprint density at radius 2 is 2.11 bits per heavy atom. The molecule has 0 radical (unpaired) electrons. The van der Waals surface area contributed by atoms with Crippen LogP contribution in [0.1, 0.15) is 17.0 Å². The van der Waals surface area contributed by atoms with E-state index in [0.717, 1.165) is 11.4 Å². The number of nitrogens with two attached hydrogens (primary N) is 1. The molecule has 0 atom stereocenters. The van der Waals surface area contributed by atoms with E-state index in [9.17, 15) is 0 Å². The quantitative estimate of drug-likeness (QED) is 0.873. The number of nitriles is 1. The monoisotopic (exact) mass is 242 g/mol. The van der Waals surface area contributed by atoms with Crippen LogP contribution in [-0.2, 0) is 0 Å². The van der Waals surface area contributed by atoms with Crippen LogP contribution in [0.3, 0.4) is 0 Å². The van der Waals surface area contributed by atoms with E-state index >= 15 is 0 Å². The fraction of sp³-hybridized carbons (Fsp3) is 0.231. The summed E-state index contributed by atoms with van der Waals surface area (Å²) in [4.78, 5) is 0. The van der Waals surface area contributed by atoms with Crippen molar-refractivity contribution in [3.63, 3.8) is 0 Å². The molecule has 0 spiro atoms. The fourth-order valence-electron chi connectivity index (χ4n) is 1.80. The highest BCUT2D eigenvalue weighted by Gasteiger charge is 2.13. The van der Waals surface area contributed by atoms with Crippen molar-refractivity contribution in [2.45, 2.75) is 13.8 Å². The average molecular weight is 242 g/mol. The predicted octanol–water partition coefficient (Wildman–Crippen LogP) is 1.95. The van der Waals surface area contributed by atoms with Gasteiger partial charge in [0.25, 0.3) is 0 Å². The first-order valence-corrected chi connectivity index (χ1v) is 5.48. The van der Waals surface area contributed by atoms with E-state index < -0.39 is 0 Å². The van der Waals surface area contributed by atoms with Gasteiger partial charge < -0.3 is 10.5 Å². The summed E-state index contributed by atoms with van der Waals surface area (Å²) in [5, 5.41) is 13.5. The molecule has 2 rings (SSSR count). The molecule has 0 amide bonds. The van der Waals surface area contributed by atoms with Crippen LogP contribution >= 0.6 is 0 Å². The molecule has 1 aromatic heterocycles. The lowest BCUT2D eigenvalue weighted by Gasteiger charge is -2.08. The van der Waals surface area contributed by atoms with Crippen molar-refractivity contribution in [3.8, 4) is 17.5 Å². The maximum absolute atomic E-state index is 9.15. The molecular formula is C13H14N4O. The lowest BCUT2D eigenvalue weighted by Crippen LogP contribution is -2.03. The Kier molecular flexibility index (Phi) is 2.94. The molecule has 2 aromatic rings. The molecule has 2 N–H and O–H groups in total. The van der Waals surface area contributed by atoms with Gasteiger partial charge in [-0.05, 0) is 26.0 Å². The molecule has 5 heteroatoms. The van der Waals surface area contributed by atoms with Gasteiger partial charge in [-0.15, -0.1) is 0 Å². The van der Waals surface area contributed by atoms with Gasteiger partial charge in [0.1, 0.15) is 11.8 Å². The van der Waals surface area contributed by atoms with Gasteiger partial charge in [0.05, 0.1) is 35.4 Å². The van der Waals surface area contributed by atoms with Crippen LogP contribution in [-0.4, -0.2) is 16.9 Å². The van der Waals surface area contributed by atoms with E-state index in [2.05, 4.69) is 11.2 Å². The van der Waals surface area contributed by atoms with E-state index in [4.69, 9.17) is 15.7 Å². The van der Waals surface area contributed by atoms with Gasteiger partial charge in [-0.2, -0.15) is 10.4 Å². The summed E-state index contributed by atoms with van der Waals surface area (Å²) in [5.74, 6) is 0.676. The third-order valence-corrected chi connectivity index (χ3v) is 2.90. The molecular weight excluding hydrogens is 228 g/mol. The molecule has 0 aliphatic rings. The summed E-state index contributed by atoms with van der Waals surface area (Å²) >= 11 is 0. The van der Waals surface area contributed by atoms with E-state index in [0.29, 0.717) is 22.7 Å². The van der Waals surface area contributed by atoms with Crippen LogP contribution < -0.4 is 10.5 Å². The highest BCUT2D eigenvalue weighted by atomic mass is 16.5. The van der Waals surface area contributed by atoms with Crippen LogP contribution in [0.5, 0.6) is 5.75 Å². The Hall–Kier alpha value is -2.48. The number of benzene rings is 1. The first-order chi connectivity index (χ1) is 8.58. The lowest BCUT2D eigenvalue weighted by molar-refractivity contribution is 0.414. The van der Waals surface area contributed by atoms with Crippen LogP contribution in [0.15, 0.2) is 18.2 Å². The summed E-state index contributed by atoms with van der Waals surface area (Å²) in [6.45, 7) is 3.71. The van der Waals surface area contributed by atoms with Gasteiger partial charge in [-0.1, -0.05) is 0 Å². The molecule has 0 unspecified atom stereocenters. The minimum Gasteiger partial charge on any atom is -0.497 e. The Labute approximate surface area is 105 Å². The zero-order chi connectivity index (χ0) is 13.3. The molecule has 0 saturated heterocycles. The molecule has 0 aliphatic heterocycles. The summed E-state index contributed by atoms with van der Waals surface area (Å²) in [5.41, 5.74) is 9.32. The highest BCUT2D eigenvalue weighted by molar-refractivity contribution is 5.57. The Morgan fingerprint density at radius 1 is 1.39 bits per heavy atom. The highest BCUT2D eigenvalue weighted by Crippen LogP contribution is 2.25. The minimum atomic E-state index is 0.529. The number of aryl methyl sites for hydroxylation is 1. The van der Waals surface area contributed by atoms with Crippen molar-refractivity contribution in [2.24, 2.45) is 0 Å². The van der Waals surface area contributed by atoms with E-state index in [-0.39, 0.29) is 0 Å². The summed E-state index contributed by atoms with van der Waals surface area (Å²) in [6.07, 6.45) is 0. The van der Waals surface area contributed by atoms with Crippen molar-refractivity contribution in [2.75, 3.05) is 12.8 Å². The van der Waals surface area contributed by atoms with Gasteiger partial charge in [-0.25, -0.2) is 4.68 Å². The lowest BCUT2D eigenvalue weighted by atomic mass is 10.2. The second-order valence-corrected chi connectivity index (χ2v) is 3.99. The normalized spacial score (nSPS) is 10.1. The second kappa shape index (κ2) is 4.41. The number of anilines is 1. The summed E-state index contributed by atoms with van der Waals surface area (Å²) in [6, 6.07) is 7.38. The van der Waals surface area contributed by atoms with E-state index in [1.165, 1.54) is 0 Å². The van der Waals surface area contributed by atoms with Crippen molar-refractivity contribution in [3.05, 3.63) is 35.2 Å². The van der Waals surface area contributed by atoms with Crippen molar-refractivity contribution < 1.29 is 4.74 Å². The van der Waals surface area contributed by atoms with Crippen LogP contribution in [0, 0.1) is 25.2 Å². The number of rotatable bonds is 2. The molecule has 18 heavy (non-hydrogen) atoms. The molecule has 0 fully saturated rings. The van der Waals surface area contributed by atoms with Gasteiger partial charge >= 0.3 is 0 Å². The maximum atomic E-state index is 9.15. The first kappa shape index (κ1) is 12.0. The molecule has 5 nitrogen and oxygen atoms in total. The second-order valence-electron chi connectivity index (χ2n) is 3.99. The molecule has 0 saturated carbocycles. The largest absolute Gasteiger partial charge is 0.497 e. The van der Waals surface area contributed by atoms with Crippen molar-refractivity contribution in [1.29, 1.82) is 5.26 Å². The number of methoxy groups -OCH3 is 1. The van der Waals surface area contributed by atoms with E-state index in [1.807, 2.05) is 13.8 Å². The Balaban J connectivity index is 2.69. The number of nitrogen functional groups attached to an aromatic ring is 1. The van der Waals surface area contributed by atoms with Gasteiger partial charge in [0.15, 0.2) is 0 Å². The standard InChI is InChI=1S/C13H14N4O/c1-8-13(15)9(2)17(16-8)12-6-11(18-3)5-4-10(12)7-14/h4-6H,15H2,1-3H3. The first-order valence-electron chi connectivity index (χ1n) is 5.48. The fourth-order valence-corrected chi connectivity index (χ4v) is 1.80. The SMILES string of the molecule is COc1ccc(C#N)c(-n2nc(C)c(N)c2C)c1. The van der Waals surface area contributed by atoms with Crippen LogP contribution in [0.2, 0.25) is 0 Å². The zero-order valence-electron chi connectivity index (χ0n) is 10.6. The molecule has 92 valence electrons. The van der Waals surface area contributed by atoms with E-state index in [1.54, 1.807) is 30.0 Å². The molecule has 0 bridgehead atoms. The molecule has 0 aliphatic carbocycles. The average Bonchev–Trinajstić information content (AvgIpc) is 2.65. The number of hydrogen-bond acceptors (Lipinski definition) is 4. The third kappa shape index (κ3) is 1.78. The van der Waals surface area contributed by atoms with Crippen molar-refractivity contribution >= 4 is 5.69 Å². The molecule has 1 aromatic carbocycles. The Bertz CT molecular complexity index is 637. The van der Waals surface area contributed by atoms with Gasteiger partial charge in [0, 0.05) is 6.07 Å². The Morgan fingerprint density at radius 3 is 2.61 bits per heavy atom. The number of aromatic nitrogens is 2. The smallest absolute Gasteiger partial charge is 0.121 e. The number of hydrogen-bond donors (Lipinski definition) is 1. The zero-order valence-corrected chi connectivity index (χ0v) is 10.6. The molecule has 1 heterocycles. The van der Waals surface area contributed by atoms with Crippen LogP contribution in [0.4, 0.5) is 5.69 Å². The maximum Gasteiger partial charge on any atom is 0.121 e. The number of ether oxygens (including phenoxy) is 1. The van der Waals surface area contributed by atoms with Gasteiger partial charge in [0.2, 0.25) is 0 Å². The van der Waals surface area contributed by atoms with Gasteiger partial charge in [-0.3, -0.25) is 0 Å². The topological polar surface area (TPSA) is 76.9 Å².